The maximum atomic E-state index is 12.6. The zero-order chi connectivity index (χ0) is 10.7. The molecule has 2 aromatic rings. The molecule has 0 unspecified atom stereocenters. The van der Waals surface area contributed by atoms with Crippen molar-refractivity contribution in [3.63, 3.8) is 0 Å². The molecule has 2 nitrogen and oxygen atoms in total. The van der Waals surface area contributed by atoms with Gasteiger partial charge < -0.3 is 0 Å². The molecule has 0 amide bonds. The topological polar surface area (TPSA) is 25.8 Å². The molecule has 0 N–H and O–H groups in total. The van der Waals surface area contributed by atoms with Gasteiger partial charge in [-0.05, 0) is 35.8 Å². The van der Waals surface area contributed by atoms with Crippen LogP contribution in [0.4, 0.5) is 4.39 Å². The van der Waals surface area contributed by atoms with Crippen LogP contribution in [0.25, 0.3) is 0 Å². The summed E-state index contributed by atoms with van der Waals surface area (Å²) in [5.41, 5.74) is 0. The van der Waals surface area contributed by atoms with Crippen molar-refractivity contribution in [2.24, 2.45) is 0 Å². The first-order chi connectivity index (χ1) is 7.28. The standard InChI is InChI=1S/C10H9FN2S2/c1-2-9-12-10(15-13-9)14-8-5-3-7(11)4-6-8/h3-6H,2H2,1H3. The Morgan fingerprint density at radius 3 is 2.67 bits per heavy atom. The van der Waals surface area contributed by atoms with Crippen LogP contribution in [0.1, 0.15) is 12.7 Å². The molecule has 1 aromatic heterocycles. The number of rotatable bonds is 3. The molecule has 2 rings (SSSR count). The number of nitrogens with zero attached hydrogens (tertiary/aromatic N) is 2. The van der Waals surface area contributed by atoms with E-state index in [1.54, 1.807) is 12.1 Å². The lowest BCUT2D eigenvalue weighted by atomic mass is 10.4. The van der Waals surface area contributed by atoms with Gasteiger partial charge in [0.1, 0.15) is 11.6 Å². The highest BCUT2D eigenvalue weighted by molar-refractivity contribution is 8.01. The summed E-state index contributed by atoms with van der Waals surface area (Å²) < 4.78 is 17.7. The predicted octanol–water partition coefficient (Wildman–Crippen LogP) is 3.39. The Labute approximate surface area is 95.7 Å². The van der Waals surface area contributed by atoms with E-state index in [4.69, 9.17) is 0 Å². The normalized spacial score (nSPS) is 10.5. The predicted molar refractivity (Wildman–Crippen MR) is 59.8 cm³/mol. The fourth-order valence-electron chi connectivity index (χ4n) is 1.03. The van der Waals surface area contributed by atoms with Crippen LogP contribution in [0.2, 0.25) is 0 Å². The van der Waals surface area contributed by atoms with E-state index in [2.05, 4.69) is 9.36 Å². The Morgan fingerprint density at radius 2 is 2.07 bits per heavy atom. The van der Waals surface area contributed by atoms with Crippen molar-refractivity contribution < 1.29 is 4.39 Å². The van der Waals surface area contributed by atoms with Crippen molar-refractivity contribution in [3.8, 4) is 0 Å². The van der Waals surface area contributed by atoms with E-state index < -0.39 is 0 Å². The van der Waals surface area contributed by atoms with E-state index in [0.717, 1.165) is 21.5 Å². The van der Waals surface area contributed by atoms with E-state index >= 15 is 0 Å². The molecule has 5 heteroatoms. The molecule has 0 aliphatic rings. The van der Waals surface area contributed by atoms with E-state index in [-0.39, 0.29) is 5.82 Å². The summed E-state index contributed by atoms with van der Waals surface area (Å²) in [6.07, 6.45) is 0.848. The average Bonchev–Trinajstić information content (AvgIpc) is 2.69. The summed E-state index contributed by atoms with van der Waals surface area (Å²) in [6.45, 7) is 2.02. The van der Waals surface area contributed by atoms with Crippen LogP contribution in [0, 0.1) is 5.82 Å². The van der Waals surface area contributed by atoms with Crippen molar-refractivity contribution in [1.82, 2.24) is 9.36 Å². The van der Waals surface area contributed by atoms with Gasteiger partial charge in [0.2, 0.25) is 0 Å². The lowest BCUT2D eigenvalue weighted by molar-refractivity contribution is 0.626. The maximum Gasteiger partial charge on any atom is 0.174 e. The van der Waals surface area contributed by atoms with Crippen LogP contribution >= 0.6 is 23.3 Å². The summed E-state index contributed by atoms with van der Waals surface area (Å²) in [7, 11) is 0. The SMILES string of the molecule is CCc1nsc(Sc2ccc(F)cc2)n1. The molecule has 1 heterocycles. The zero-order valence-electron chi connectivity index (χ0n) is 8.11. The second kappa shape index (κ2) is 4.72. The second-order valence-corrected chi connectivity index (χ2v) is 4.96. The van der Waals surface area contributed by atoms with Crippen molar-refractivity contribution >= 4 is 23.3 Å². The third-order valence-electron chi connectivity index (χ3n) is 1.78. The molecule has 1 aromatic carbocycles. The maximum absolute atomic E-state index is 12.6. The summed E-state index contributed by atoms with van der Waals surface area (Å²) in [5.74, 6) is 0.649. The minimum absolute atomic E-state index is 0.217. The van der Waals surface area contributed by atoms with Gasteiger partial charge in [0.15, 0.2) is 4.34 Å². The number of aromatic nitrogens is 2. The summed E-state index contributed by atoms with van der Waals surface area (Å²) in [5, 5.41) is 0. The van der Waals surface area contributed by atoms with Crippen LogP contribution in [0.15, 0.2) is 33.5 Å². The van der Waals surface area contributed by atoms with Crippen molar-refractivity contribution in [2.75, 3.05) is 0 Å². The van der Waals surface area contributed by atoms with Crippen molar-refractivity contribution in [2.45, 2.75) is 22.6 Å². The minimum Gasteiger partial charge on any atom is -0.213 e. The van der Waals surface area contributed by atoms with Crippen LogP contribution in [0.5, 0.6) is 0 Å². The quantitative estimate of drug-likeness (QED) is 0.822. The molecule has 0 spiro atoms. The lowest BCUT2D eigenvalue weighted by Gasteiger charge is -1.95. The molecular weight excluding hydrogens is 231 g/mol. The molecule has 15 heavy (non-hydrogen) atoms. The van der Waals surface area contributed by atoms with E-state index in [9.17, 15) is 4.39 Å². The Morgan fingerprint density at radius 1 is 1.33 bits per heavy atom. The number of benzene rings is 1. The first-order valence-corrected chi connectivity index (χ1v) is 6.13. The molecule has 0 bridgehead atoms. The Balaban J connectivity index is 2.11. The molecule has 0 aliphatic carbocycles. The largest absolute Gasteiger partial charge is 0.213 e. The fourth-order valence-corrected chi connectivity index (χ4v) is 2.70. The Kier molecular flexibility index (Phi) is 3.33. The van der Waals surface area contributed by atoms with Gasteiger partial charge in [-0.1, -0.05) is 18.7 Å². The van der Waals surface area contributed by atoms with Crippen LogP contribution in [-0.2, 0) is 6.42 Å². The molecule has 0 saturated heterocycles. The van der Waals surface area contributed by atoms with Gasteiger partial charge in [-0.15, -0.1) is 0 Å². The lowest BCUT2D eigenvalue weighted by Crippen LogP contribution is -1.81. The average molecular weight is 240 g/mol. The highest BCUT2D eigenvalue weighted by Crippen LogP contribution is 2.28. The van der Waals surface area contributed by atoms with Gasteiger partial charge in [0.05, 0.1) is 0 Å². The first kappa shape index (κ1) is 10.6. The monoisotopic (exact) mass is 240 g/mol. The molecular formula is C10H9FN2S2. The summed E-state index contributed by atoms with van der Waals surface area (Å²) >= 11 is 2.89. The number of aryl methyl sites for hydroxylation is 1. The van der Waals surface area contributed by atoms with Gasteiger partial charge in [-0.2, -0.15) is 4.37 Å². The third-order valence-corrected chi connectivity index (χ3v) is 3.58. The highest BCUT2D eigenvalue weighted by Gasteiger charge is 2.04. The molecule has 0 radical (unpaired) electrons. The molecule has 0 atom stereocenters. The van der Waals surface area contributed by atoms with Crippen molar-refractivity contribution in [3.05, 3.63) is 35.9 Å². The molecule has 78 valence electrons. The van der Waals surface area contributed by atoms with Gasteiger partial charge >= 0.3 is 0 Å². The fraction of sp³-hybridized carbons (Fsp3) is 0.200. The Bertz CT molecular complexity index is 439. The second-order valence-electron chi connectivity index (χ2n) is 2.89. The molecule has 0 fully saturated rings. The third kappa shape index (κ3) is 2.76. The highest BCUT2D eigenvalue weighted by atomic mass is 32.2. The van der Waals surface area contributed by atoms with E-state index in [1.165, 1.54) is 35.4 Å². The summed E-state index contributed by atoms with van der Waals surface area (Å²) in [6, 6.07) is 6.38. The first-order valence-electron chi connectivity index (χ1n) is 4.54. The van der Waals surface area contributed by atoms with Crippen LogP contribution in [-0.4, -0.2) is 9.36 Å². The van der Waals surface area contributed by atoms with Gasteiger partial charge in [-0.25, -0.2) is 9.37 Å². The van der Waals surface area contributed by atoms with Crippen LogP contribution in [0.3, 0.4) is 0 Å². The van der Waals surface area contributed by atoms with E-state index in [0.29, 0.717) is 0 Å². The number of halogens is 1. The van der Waals surface area contributed by atoms with Gasteiger partial charge in [-0.3, -0.25) is 0 Å². The van der Waals surface area contributed by atoms with Gasteiger partial charge in [0.25, 0.3) is 0 Å². The molecule has 0 saturated carbocycles. The summed E-state index contributed by atoms with van der Waals surface area (Å²) in [4.78, 5) is 5.30. The molecule has 0 aliphatic heterocycles. The van der Waals surface area contributed by atoms with E-state index in [1.807, 2.05) is 6.92 Å². The van der Waals surface area contributed by atoms with Gasteiger partial charge in [0, 0.05) is 11.3 Å². The van der Waals surface area contributed by atoms with Crippen LogP contribution < -0.4 is 0 Å². The Hall–Kier alpha value is -0.940. The van der Waals surface area contributed by atoms with Crippen molar-refractivity contribution in [1.29, 1.82) is 0 Å². The number of hydrogen-bond acceptors (Lipinski definition) is 4. The zero-order valence-corrected chi connectivity index (χ0v) is 9.74. The minimum atomic E-state index is -0.217. The number of hydrogen-bond donors (Lipinski definition) is 0. The smallest absolute Gasteiger partial charge is 0.174 e.